The molecule has 98 valence electrons. The molecule has 1 atom stereocenters. The molecule has 1 amide bonds. The number of amides is 1. The molecule has 18 heavy (non-hydrogen) atoms. The predicted octanol–water partition coefficient (Wildman–Crippen LogP) is 1.40. The highest BCUT2D eigenvalue weighted by atomic mass is 19.1. The van der Waals surface area contributed by atoms with Crippen LogP contribution < -0.4 is 10.5 Å². The van der Waals surface area contributed by atoms with Crippen LogP contribution in [0.4, 0.5) is 4.39 Å². The maximum Gasteiger partial charge on any atom is 0.254 e. The Morgan fingerprint density at radius 1 is 1.61 bits per heavy atom. The van der Waals surface area contributed by atoms with E-state index in [1.165, 1.54) is 19.2 Å². The van der Waals surface area contributed by atoms with E-state index in [4.69, 9.17) is 10.5 Å². The van der Waals surface area contributed by atoms with E-state index in [1.807, 2.05) is 0 Å². The normalized spacial score (nSPS) is 19.1. The summed E-state index contributed by atoms with van der Waals surface area (Å²) in [7, 11) is 1.39. The molecule has 1 heterocycles. The first kappa shape index (κ1) is 12.8. The third kappa shape index (κ3) is 2.31. The van der Waals surface area contributed by atoms with Crippen molar-refractivity contribution >= 4 is 5.91 Å². The molecule has 0 saturated carbocycles. The lowest BCUT2D eigenvalue weighted by Crippen LogP contribution is -2.39. The molecule has 1 unspecified atom stereocenters. The standard InChI is InChI=1S/C13H17FN2O2/c1-18-12-5-4-9(7-11(12)14)13(17)16-6-2-3-10(16)8-15/h4-5,7,10H,2-3,6,8,15H2,1H3. The fraction of sp³-hybridized carbons (Fsp3) is 0.462. The smallest absolute Gasteiger partial charge is 0.254 e. The Balaban J connectivity index is 2.21. The Morgan fingerprint density at radius 2 is 2.39 bits per heavy atom. The number of rotatable bonds is 3. The minimum atomic E-state index is -0.521. The molecular formula is C13H17FN2O2. The summed E-state index contributed by atoms with van der Waals surface area (Å²) in [4.78, 5) is 14.0. The zero-order valence-corrected chi connectivity index (χ0v) is 10.4. The number of nitrogens with two attached hydrogens (primary N) is 1. The minimum Gasteiger partial charge on any atom is -0.494 e. The van der Waals surface area contributed by atoms with Crippen LogP contribution in [0.25, 0.3) is 0 Å². The largest absolute Gasteiger partial charge is 0.494 e. The lowest BCUT2D eigenvalue weighted by Gasteiger charge is -2.23. The monoisotopic (exact) mass is 252 g/mol. The van der Waals surface area contributed by atoms with E-state index in [2.05, 4.69) is 0 Å². The van der Waals surface area contributed by atoms with E-state index in [1.54, 1.807) is 11.0 Å². The molecule has 1 aromatic carbocycles. The number of carbonyl (C=O) groups is 1. The first-order valence-corrected chi connectivity index (χ1v) is 6.02. The SMILES string of the molecule is COc1ccc(C(=O)N2CCCC2CN)cc1F. The number of hydrogen-bond acceptors (Lipinski definition) is 3. The number of hydrogen-bond donors (Lipinski definition) is 1. The van der Waals surface area contributed by atoms with Gasteiger partial charge in [0.05, 0.1) is 7.11 Å². The fourth-order valence-corrected chi connectivity index (χ4v) is 2.31. The molecule has 1 saturated heterocycles. The van der Waals surface area contributed by atoms with Gasteiger partial charge >= 0.3 is 0 Å². The maximum absolute atomic E-state index is 13.6. The van der Waals surface area contributed by atoms with Gasteiger partial charge in [-0.05, 0) is 31.0 Å². The molecule has 0 aromatic heterocycles. The van der Waals surface area contributed by atoms with Crippen molar-refractivity contribution in [3.8, 4) is 5.75 Å². The van der Waals surface area contributed by atoms with Crippen LogP contribution in [-0.4, -0.2) is 37.0 Å². The van der Waals surface area contributed by atoms with Crippen molar-refractivity contribution in [3.05, 3.63) is 29.6 Å². The van der Waals surface area contributed by atoms with Gasteiger partial charge in [-0.15, -0.1) is 0 Å². The van der Waals surface area contributed by atoms with Gasteiger partial charge in [0.15, 0.2) is 11.6 Å². The minimum absolute atomic E-state index is 0.0719. The summed E-state index contributed by atoms with van der Waals surface area (Å²) in [6.45, 7) is 1.14. The first-order valence-electron chi connectivity index (χ1n) is 6.02. The van der Waals surface area contributed by atoms with Crippen LogP contribution in [0.15, 0.2) is 18.2 Å². The quantitative estimate of drug-likeness (QED) is 0.884. The summed E-state index contributed by atoms with van der Waals surface area (Å²) in [6, 6.07) is 4.34. The second-order valence-corrected chi connectivity index (χ2v) is 4.38. The van der Waals surface area contributed by atoms with Gasteiger partial charge in [0.1, 0.15) is 0 Å². The van der Waals surface area contributed by atoms with Crippen LogP contribution in [0.1, 0.15) is 23.2 Å². The Kier molecular flexibility index (Phi) is 3.81. The van der Waals surface area contributed by atoms with E-state index >= 15 is 0 Å². The zero-order chi connectivity index (χ0) is 13.1. The third-order valence-electron chi connectivity index (χ3n) is 3.31. The zero-order valence-electron chi connectivity index (χ0n) is 10.4. The number of nitrogens with zero attached hydrogens (tertiary/aromatic N) is 1. The van der Waals surface area contributed by atoms with Gasteiger partial charge < -0.3 is 15.4 Å². The van der Waals surface area contributed by atoms with Gasteiger partial charge in [-0.3, -0.25) is 4.79 Å². The van der Waals surface area contributed by atoms with Crippen molar-refractivity contribution in [2.75, 3.05) is 20.2 Å². The second-order valence-electron chi connectivity index (χ2n) is 4.38. The molecule has 2 N–H and O–H groups in total. The van der Waals surface area contributed by atoms with Crippen LogP contribution in [0, 0.1) is 5.82 Å². The summed E-state index contributed by atoms with van der Waals surface area (Å²) >= 11 is 0. The highest BCUT2D eigenvalue weighted by molar-refractivity contribution is 5.94. The lowest BCUT2D eigenvalue weighted by molar-refractivity contribution is 0.0740. The van der Waals surface area contributed by atoms with Crippen LogP contribution in [0.2, 0.25) is 0 Å². The number of benzene rings is 1. The molecule has 1 fully saturated rings. The van der Waals surface area contributed by atoms with Crippen molar-refractivity contribution in [1.82, 2.24) is 4.90 Å². The summed E-state index contributed by atoms with van der Waals surface area (Å²) in [5.74, 6) is -0.542. The fourth-order valence-electron chi connectivity index (χ4n) is 2.31. The Labute approximate surface area is 106 Å². The average molecular weight is 252 g/mol. The molecule has 5 heteroatoms. The molecule has 0 radical (unpaired) electrons. The van der Waals surface area contributed by atoms with E-state index in [0.717, 1.165) is 12.8 Å². The van der Waals surface area contributed by atoms with E-state index in [0.29, 0.717) is 18.7 Å². The van der Waals surface area contributed by atoms with Gasteiger partial charge in [-0.1, -0.05) is 0 Å². The maximum atomic E-state index is 13.6. The van der Waals surface area contributed by atoms with Gasteiger partial charge in [0, 0.05) is 24.7 Å². The lowest BCUT2D eigenvalue weighted by atomic mass is 10.1. The Bertz CT molecular complexity index is 451. The first-order chi connectivity index (χ1) is 8.67. The Morgan fingerprint density at radius 3 is 3.00 bits per heavy atom. The molecule has 1 aromatic rings. The van der Waals surface area contributed by atoms with Crippen LogP contribution in [-0.2, 0) is 0 Å². The molecule has 4 nitrogen and oxygen atoms in total. The van der Waals surface area contributed by atoms with Crippen molar-refractivity contribution in [3.63, 3.8) is 0 Å². The summed E-state index contributed by atoms with van der Waals surface area (Å²) in [5.41, 5.74) is 5.97. The van der Waals surface area contributed by atoms with Gasteiger partial charge in [-0.25, -0.2) is 4.39 Å². The van der Waals surface area contributed by atoms with Gasteiger partial charge in [-0.2, -0.15) is 0 Å². The number of carbonyl (C=O) groups excluding carboxylic acids is 1. The predicted molar refractivity (Wildman–Crippen MR) is 66.1 cm³/mol. The number of ether oxygens (including phenoxy) is 1. The molecule has 0 bridgehead atoms. The second kappa shape index (κ2) is 5.35. The third-order valence-corrected chi connectivity index (χ3v) is 3.31. The number of halogens is 1. The van der Waals surface area contributed by atoms with E-state index < -0.39 is 5.82 Å². The van der Waals surface area contributed by atoms with E-state index in [-0.39, 0.29) is 17.7 Å². The van der Waals surface area contributed by atoms with Crippen molar-refractivity contribution in [1.29, 1.82) is 0 Å². The van der Waals surface area contributed by atoms with E-state index in [9.17, 15) is 9.18 Å². The van der Waals surface area contributed by atoms with Crippen LogP contribution >= 0.6 is 0 Å². The van der Waals surface area contributed by atoms with Crippen LogP contribution in [0.5, 0.6) is 5.75 Å². The van der Waals surface area contributed by atoms with Crippen molar-refractivity contribution < 1.29 is 13.9 Å². The number of likely N-dealkylation sites (tertiary alicyclic amines) is 1. The number of methoxy groups -OCH3 is 1. The van der Waals surface area contributed by atoms with Gasteiger partial charge in [0.2, 0.25) is 0 Å². The summed E-state index contributed by atoms with van der Waals surface area (Å²) in [6.07, 6.45) is 1.87. The summed E-state index contributed by atoms with van der Waals surface area (Å²) < 4.78 is 18.4. The average Bonchev–Trinajstić information content (AvgIpc) is 2.86. The molecule has 0 aliphatic carbocycles. The van der Waals surface area contributed by atoms with Crippen molar-refractivity contribution in [2.45, 2.75) is 18.9 Å². The highest BCUT2D eigenvalue weighted by Crippen LogP contribution is 2.22. The summed E-state index contributed by atoms with van der Waals surface area (Å²) in [5, 5.41) is 0. The Hall–Kier alpha value is -1.62. The topological polar surface area (TPSA) is 55.6 Å². The van der Waals surface area contributed by atoms with Gasteiger partial charge in [0.25, 0.3) is 5.91 Å². The molecule has 1 aliphatic heterocycles. The molecule has 1 aliphatic rings. The van der Waals surface area contributed by atoms with Crippen molar-refractivity contribution in [2.24, 2.45) is 5.73 Å². The van der Waals surface area contributed by atoms with Crippen LogP contribution in [0.3, 0.4) is 0 Å². The molecular weight excluding hydrogens is 235 g/mol. The molecule has 2 rings (SSSR count). The highest BCUT2D eigenvalue weighted by Gasteiger charge is 2.28. The molecule has 0 spiro atoms.